The van der Waals surface area contributed by atoms with Gasteiger partial charge >= 0.3 is 7.12 Å². The third-order valence-electron chi connectivity index (χ3n) is 3.07. The Hall–Kier alpha value is -1.90. The molecule has 0 fully saturated rings. The van der Waals surface area contributed by atoms with Crippen LogP contribution in [0.4, 0.5) is 0 Å². The molecule has 0 saturated heterocycles. The zero-order valence-corrected chi connectivity index (χ0v) is 9.67. The summed E-state index contributed by atoms with van der Waals surface area (Å²) < 4.78 is 11.6. The van der Waals surface area contributed by atoms with E-state index in [-0.39, 0.29) is 12.9 Å². The van der Waals surface area contributed by atoms with Gasteiger partial charge in [-0.3, -0.25) is 0 Å². The zero-order chi connectivity index (χ0) is 11.7. The van der Waals surface area contributed by atoms with Crippen LogP contribution in [0.2, 0.25) is 0 Å². The van der Waals surface area contributed by atoms with Gasteiger partial charge in [-0.15, -0.1) is 0 Å². The molecule has 0 N–H and O–H groups in total. The van der Waals surface area contributed by atoms with E-state index in [1.807, 2.05) is 42.5 Å². The minimum Gasteiger partial charge on any atom is -0.523 e. The Morgan fingerprint density at radius 3 is 1.94 bits per heavy atom. The number of hydrogen-bond donors (Lipinski definition) is 0. The molecule has 0 aliphatic carbocycles. The summed E-state index contributed by atoms with van der Waals surface area (Å²) in [6.07, 6.45) is 0. The number of benzene rings is 2. The lowest BCUT2D eigenvalue weighted by atomic mass is 9.69. The number of para-hydroxylation sites is 2. The molecule has 3 rings (SSSR count). The summed E-state index contributed by atoms with van der Waals surface area (Å²) in [5.41, 5.74) is 1.23. The molecule has 1 heterocycles. The largest absolute Gasteiger partial charge is 0.602 e. The third kappa shape index (κ3) is 1.89. The molecule has 0 radical (unpaired) electrons. The first-order valence-electron chi connectivity index (χ1n) is 5.82. The van der Waals surface area contributed by atoms with Gasteiger partial charge in [0.2, 0.25) is 0 Å². The number of rotatable bonds is 2. The standard InChI is InChI=1S/C14H13BO2/c1-11(12-7-3-2-4-8-12)15-16-13-9-5-6-10-14(13)17-15/h2-11H,1H3/t11-/m0/s1. The fourth-order valence-corrected chi connectivity index (χ4v) is 2.04. The van der Waals surface area contributed by atoms with Crippen molar-refractivity contribution in [2.45, 2.75) is 12.7 Å². The maximum absolute atomic E-state index is 5.80. The van der Waals surface area contributed by atoms with Crippen LogP contribution >= 0.6 is 0 Å². The molecule has 84 valence electrons. The van der Waals surface area contributed by atoms with Crippen molar-refractivity contribution in [3.8, 4) is 11.5 Å². The summed E-state index contributed by atoms with van der Waals surface area (Å²) in [6, 6.07) is 18.1. The van der Waals surface area contributed by atoms with Gasteiger partial charge in [-0.05, 0) is 17.7 Å². The first-order valence-corrected chi connectivity index (χ1v) is 5.82. The summed E-state index contributed by atoms with van der Waals surface area (Å²) in [4.78, 5) is 0. The van der Waals surface area contributed by atoms with E-state index in [1.165, 1.54) is 5.56 Å². The van der Waals surface area contributed by atoms with Gasteiger partial charge in [-0.2, -0.15) is 0 Å². The van der Waals surface area contributed by atoms with Crippen molar-refractivity contribution < 1.29 is 9.31 Å². The number of hydrogen-bond acceptors (Lipinski definition) is 2. The van der Waals surface area contributed by atoms with E-state index < -0.39 is 0 Å². The molecule has 0 saturated carbocycles. The second-order valence-corrected chi connectivity index (χ2v) is 4.25. The maximum Gasteiger partial charge on any atom is 0.602 e. The Kier molecular flexibility index (Phi) is 2.52. The van der Waals surface area contributed by atoms with Crippen LogP contribution in [0.1, 0.15) is 18.3 Å². The first kappa shape index (κ1) is 10.3. The molecule has 0 bridgehead atoms. The second kappa shape index (κ2) is 4.17. The highest BCUT2D eigenvalue weighted by molar-refractivity contribution is 6.49. The zero-order valence-electron chi connectivity index (χ0n) is 9.67. The van der Waals surface area contributed by atoms with Gasteiger partial charge in [0.1, 0.15) is 11.5 Å². The van der Waals surface area contributed by atoms with E-state index in [2.05, 4.69) is 19.1 Å². The third-order valence-corrected chi connectivity index (χ3v) is 3.07. The minimum absolute atomic E-state index is 0.212. The lowest BCUT2D eigenvalue weighted by Crippen LogP contribution is -2.31. The van der Waals surface area contributed by atoms with Crippen molar-refractivity contribution in [1.29, 1.82) is 0 Å². The van der Waals surface area contributed by atoms with Gasteiger partial charge < -0.3 is 9.31 Å². The Bertz CT molecular complexity index is 488. The normalized spacial score (nSPS) is 14.8. The lowest BCUT2D eigenvalue weighted by molar-refractivity contribution is 0.480. The summed E-state index contributed by atoms with van der Waals surface area (Å²) in [5.74, 6) is 1.88. The molecule has 1 aliphatic heterocycles. The van der Waals surface area contributed by atoms with E-state index >= 15 is 0 Å². The van der Waals surface area contributed by atoms with Gasteiger partial charge in [0.05, 0.1) is 0 Å². The van der Waals surface area contributed by atoms with Crippen LogP contribution in [0.5, 0.6) is 11.5 Å². The summed E-state index contributed by atoms with van der Waals surface area (Å²) in [7, 11) is -0.227. The smallest absolute Gasteiger partial charge is 0.523 e. The monoisotopic (exact) mass is 224 g/mol. The van der Waals surface area contributed by atoms with Crippen molar-refractivity contribution in [2.75, 3.05) is 0 Å². The van der Waals surface area contributed by atoms with E-state index in [9.17, 15) is 0 Å². The quantitative estimate of drug-likeness (QED) is 0.728. The molecule has 2 nitrogen and oxygen atoms in total. The molecular weight excluding hydrogens is 211 g/mol. The molecule has 17 heavy (non-hydrogen) atoms. The fraction of sp³-hybridized carbons (Fsp3) is 0.143. The highest BCUT2D eigenvalue weighted by atomic mass is 16.6. The van der Waals surface area contributed by atoms with Crippen LogP contribution in [0.15, 0.2) is 54.6 Å². The first-order chi connectivity index (χ1) is 8.34. The summed E-state index contributed by atoms with van der Waals surface area (Å²) >= 11 is 0. The van der Waals surface area contributed by atoms with Crippen molar-refractivity contribution >= 4 is 7.12 Å². The van der Waals surface area contributed by atoms with Crippen LogP contribution in [0.25, 0.3) is 0 Å². The van der Waals surface area contributed by atoms with E-state index in [0.717, 1.165) is 11.5 Å². The number of fused-ring (bicyclic) bond motifs is 1. The van der Waals surface area contributed by atoms with E-state index in [4.69, 9.17) is 9.31 Å². The lowest BCUT2D eigenvalue weighted by Gasteiger charge is -2.13. The minimum atomic E-state index is -0.227. The molecule has 2 aromatic rings. The van der Waals surface area contributed by atoms with Crippen molar-refractivity contribution in [1.82, 2.24) is 0 Å². The molecule has 0 unspecified atom stereocenters. The van der Waals surface area contributed by atoms with Crippen molar-refractivity contribution in [3.05, 3.63) is 60.2 Å². The molecule has 1 atom stereocenters. The van der Waals surface area contributed by atoms with E-state index in [0.29, 0.717) is 0 Å². The highest BCUT2D eigenvalue weighted by Gasteiger charge is 2.37. The molecule has 0 spiro atoms. The second-order valence-electron chi connectivity index (χ2n) is 4.25. The van der Waals surface area contributed by atoms with Crippen LogP contribution < -0.4 is 9.31 Å². The summed E-state index contributed by atoms with van der Waals surface area (Å²) in [6.45, 7) is 2.12. The van der Waals surface area contributed by atoms with Crippen molar-refractivity contribution in [3.63, 3.8) is 0 Å². The Morgan fingerprint density at radius 1 is 0.824 bits per heavy atom. The van der Waals surface area contributed by atoms with Gasteiger partial charge in [0.15, 0.2) is 0 Å². The predicted octanol–water partition coefficient (Wildman–Crippen LogP) is 3.29. The molecule has 3 heteroatoms. The topological polar surface area (TPSA) is 18.5 Å². The molecular formula is C14H13BO2. The summed E-state index contributed by atoms with van der Waals surface area (Å²) in [5, 5.41) is 0. The van der Waals surface area contributed by atoms with Gasteiger partial charge in [-0.25, -0.2) is 0 Å². The van der Waals surface area contributed by atoms with Gasteiger partial charge in [-0.1, -0.05) is 49.4 Å². The Morgan fingerprint density at radius 2 is 1.35 bits per heavy atom. The Labute approximate surface area is 101 Å². The molecule has 1 aliphatic rings. The van der Waals surface area contributed by atoms with Crippen LogP contribution in [-0.2, 0) is 0 Å². The SMILES string of the molecule is C[C@H](B1Oc2ccccc2O1)c1ccccc1. The maximum atomic E-state index is 5.80. The van der Waals surface area contributed by atoms with Crippen molar-refractivity contribution in [2.24, 2.45) is 0 Å². The average molecular weight is 224 g/mol. The van der Waals surface area contributed by atoms with Crippen LogP contribution in [-0.4, -0.2) is 7.12 Å². The van der Waals surface area contributed by atoms with E-state index in [1.54, 1.807) is 0 Å². The van der Waals surface area contributed by atoms with Crippen LogP contribution in [0, 0.1) is 0 Å². The predicted molar refractivity (Wildman–Crippen MR) is 68.3 cm³/mol. The van der Waals surface area contributed by atoms with Gasteiger partial charge in [0, 0.05) is 5.82 Å². The van der Waals surface area contributed by atoms with Gasteiger partial charge in [0.25, 0.3) is 0 Å². The highest BCUT2D eigenvalue weighted by Crippen LogP contribution is 2.36. The fourth-order valence-electron chi connectivity index (χ4n) is 2.04. The molecule has 0 aromatic heterocycles. The average Bonchev–Trinajstić information content (AvgIpc) is 2.82. The molecule has 2 aromatic carbocycles. The van der Waals surface area contributed by atoms with Crippen LogP contribution in [0.3, 0.4) is 0 Å². The Balaban J connectivity index is 1.81. The molecule has 0 amide bonds.